The summed E-state index contributed by atoms with van der Waals surface area (Å²) in [4.78, 5) is 23.3. The Morgan fingerprint density at radius 2 is 1.95 bits per heavy atom. The molecule has 104 valence electrons. The van der Waals surface area contributed by atoms with E-state index in [2.05, 4.69) is 15.0 Å². The van der Waals surface area contributed by atoms with Crippen molar-refractivity contribution in [1.29, 1.82) is 0 Å². The number of carbonyl (C=O) groups is 1. The van der Waals surface area contributed by atoms with Crippen molar-refractivity contribution in [2.75, 3.05) is 4.90 Å². The van der Waals surface area contributed by atoms with Gasteiger partial charge in [-0.15, -0.1) is 0 Å². The van der Waals surface area contributed by atoms with E-state index in [0.29, 0.717) is 10.6 Å². The Labute approximate surface area is 112 Å². The minimum absolute atomic E-state index is 0.180. The molecule has 0 atom stereocenters. The second-order valence-electron chi connectivity index (χ2n) is 3.77. The van der Waals surface area contributed by atoms with E-state index in [9.17, 15) is 18.0 Å². The van der Waals surface area contributed by atoms with Gasteiger partial charge in [-0.25, -0.2) is 4.98 Å². The van der Waals surface area contributed by atoms with E-state index in [-0.39, 0.29) is 12.4 Å². The smallest absolute Gasteiger partial charge is 0.282 e. The fourth-order valence-electron chi connectivity index (χ4n) is 1.49. The standard InChI is InChI=1S/C12H9F3N4O/c13-12(14,15)11(20)19(10-7-16-5-6-18-10)8-9-3-1-2-4-17-9/h1-7H,8H2. The molecule has 0 radical (unpaired) electrons. The molecule has 0 saturated carbocycles. The SMILES string of the molecule is O=C(N(Cc1ccccn1)c1cnccn1)C(F)(F)F. The molecule has 0 spiro atoms. The average Bonchev–Trinajstić information content (AvgIpc) is 2.45. The van der Waals surface area contributed by atoms with E-state index >= 15 is 0 Å². The first-order chi connectivity index (χ1) is 9.48. The number of carbonyl (C=O) groups excluding carboxylic acids is 1. The molecular weight excluding hydrogens is 273 g/mol. The number of pyridine rings is 1. The van der Waals surface area contributed by atoms with Gasteiger partial charge in [-0.05, 0) is 12.1 Å². The number of rotatable bonds is 3. The van der Waals surface area contributed by atoms with E-state index in [0.717, 1.165) is 6.20 Å². The number of amides is 1. The normalized spacial score (nSPS) is 11.2. The molecule has 0 N–H and O–H groups in total. The van der Waals surface area contributed by atoms with Crippen LogP contribution in [0.2, 0.25) is 0 Å². The molecule has 0 aliphatic carbocycles. The zero-order chi connectivity index (χ0) is 14.6. The Bertz CT molecular complexity index is 574. The van der Waals surface area contributed by atoms with E-state index in [1.807, 2.05) is 0 Å². The van der Waals surface area contributed by atoms with Crippen LogP contribution in [0.5, 0.6) is 0 Å². The lowest BCUT2D eigenvalue weighted by Crippen LogP contribution is -2.41. The number of anilines is 1. The molecule has 2 heterocycles. The molecule has 2 rings (SSSR count). The lowest BCUT2D eigenvalue weighted by atomic mass is 10.3. The summed E-state index contributed by atoms with van der Waals surface area (Å²) in [6.45, 7) is -0.335. The lowest BCUT2D eigenvalue weighted by Gasteiger charge is -2.21. The molecule has 8 heteroatoms. The number of aromatic nitrogens is 3. The number of hydrogen-bond acceptors (Lipinski definition) is 4. The van der Waals surface area contributed by atoms with E-state index in [4.69, 9.17) is 0 Å². The Hall–Kier alpha value is -2.51. The maximum absolute atomic E-state index is 12.6. The first-order valence-electron chi connectivity index (χ1n) is 5.53. The number of halogens is 3. The predicted molar refractivity (Wildman–Crippen MR) is 63.5 cm³/mol. The van der Waals surface area contributed by atoms with Crippen molar-refractivity contribution in [2.45, 2.75) is 12.7 Å². The van der Waals surface area contributed by atoms with Crippen molar-refractivity contribution in [1.82, 2.24) is 15.0 Å². The minimum atomic E-state index is -4.99. The van der Waals surface area contributed by atoms with Gasteiger partial charge in [0.2, 0.25) is 0 Å². The van der Waals surface area contributed by atoms with Crippen molar-refractivity contribution in [2.24, 2.45) is 0 Å². The molecule has 0 aromatic carbocycles. The van der Waals surface area contributed by atoms with E-state index in [1.54, 1.807) is 12.1 Å². The van der Waals surface area contributed by atoms with Crippen LogP contribution < -0.4 is 4.90 Å². The zero-order valence-corrected chi connectivity index (χ0v) is 10.1. The summed E-state index contributed by atoms with van der Waals surface area (Å²) < 4.78 is 37.9. The summed E-state index contributed by atoms with van der Waals surface area (Å²) in [6, 6.07) is 4.77. The third-order valence-electron chi connectivity index (χ3n) is 2.36. The van der Waals surface area contributed by atoms with Gasteiger partial charge < -0.3 is 0 Å². The second kappa shape index (κ2) is 5.64. The molecule has 20 heavy (non-hydrogen) atoms. The van der Waals surface area contributed by atoms with Gasteiger partial charge in [-0.2, -0.15) is 13.2 Å². The molecule has 0 saturated heterocycles. The third kappa shape index (κ3) is 3.28. The molecule has 0 unspecified atom stereocenters. The van der Waals surface area contributed by atoms with Gasteiger partial charge in [0.15, 0.2) is 5.82 Å². The summed E-state index contributed by atoms with van der Waals surface area (Å²) >= 11 is 0. The molecule has 5 nitrogen and oxygen atoms in total. The van der Waals surface area contributed by atoms with E-state index < -0.39 is 12.1 Å². The molecular formula is C12H9F3N4O. The highest BCUT2D eigenvalue weighted by molar-refractivity contribution is 5.96. The van der Waals surface area contributed by atoms with Gasteiger partial charge in [-0.1, -0.05) is 6.07 Å². The molecule has 0 fully saturated rings. The lowest BCUT2D eigenvalue weighted by molar-refractivity contribution is -0.170. The Morgan fingerprint density at radius 1 is 1.15 bits per heavy atom. The highest BCUT2D eigenvalue weighted by Gasteiger charge is 2.43. The zero-order valence-electron chi connectivity index (χ0n) is 10.1. The summed E-state index contributed by atoms with van der Waals surface area (Å²) in [5.41, 5.74) is 0.316. The van der Waals surface area contributed by atoms with Gasteiger partial charge in [0.05, 0.1) is 18.4 Å². The largest absolute Gasteiger partial charge is 0.471 e. The van der Waals surface area contributed by atoms with Gasteiger partial charge in [0.1, 0.15) is 0 Å². The molecule has 0 aliphatic rings. The van der Waals surface area contributed by atoms with Crippen molar-refractivity contribution >= 4 is 11.7 Å². The maximum atomic E-state index is 12.6. The number of nitrogens with zero attached hydrogens (tertiary/aromatic N) is 4. The fourth-order valence-corrected chi connectivity index (χ4v) is 1.49. The average molecular weight is 282 g/mol. The minimum Gasteiger partial charge on any atom is -0.282 e. The van der Waals surface area contributed by atoms with Crippen LogP contribution in [0.4, 0.5) is 19.0 Å². The highest BCUT2D eigenvalue weighted by Crippen LogP contribution is 2.23. The number of alkyl halides is 3. The van der Waals surface area contributed by atoms with Gasteiger partial charge in [0, 0.05) is 18.6 Å². The van der Waals surface area contributed by atoms with Crippen LogP contribution >= 0.6 is 0 Å². The highest BCUT2D eigenvalue weighted by atomic mass is 19.4. The van der Waals surface area contributed by atoms with Crippen LogP contribution in [-0.4, -0.2) is 27.0 Å². The quantitative estimate of drug-likeness (QED) is 0.863. The fraction of sp³-hybridized carbons (Fsp3) is 0.167. The van der Waals surface area contributed by atoms with Crippen molar-refractivity contribution in [3.63, 3.8) is 0 Å². The summed E-state index contributed by atoms with van der Waals surface area (Å²) in [7, 11) is 0. The number of hydrogen-bond donors (Lipinski definition) is 0. The van der Waals surface area contributed by atoms with Gasteiger partial charge >= 0.3 is 12.1 Å². The first-order valence-corrected chi connectivity index (χ1v) is 5.53. The predicted octanol–water partition coefficient (Wildman–Crippen LogP) is 1.97. The van der Waals surface area contributed by atoms with Gasteiger partial charge in [-0.3, -0.25) is 19.7 Å². The summed E-state index contributed by atoms with van der Waals surface area (Å²) in [6.07, 6.45) is 0.0477. The topological polar surface area (TPSA) is 59.0 Å². The van der Waals surface area contributed by atoms with Crippen LogP contribution in [0.3, 0.4) is 0 Å². The van der Waals surface area contributed by atoms with Crippen LogP contribution in [-0.2, 0) is 11.3 Å². The monoisotopic (exact) mass is 282 g/mol. The van der Waals surface area contributed by atoms with Crippen molar-refractivity contribution in [3.05, 3.63) is 48.7 Å². The summed E-state index contributed by atoms with van der Waals surface area (Å²) in [5, 5.41) is 0. The molecule has 0 bridgehead atoms. The van der Waals surface area contributed by atoms with Crippen molar-refractivity contribution < 1.29 is 18.0 Å². The van der Waals surface area contributed by atoms with Crippen LogP contribution in [0.25, 0.3) is 0 Å². The van der Waals surface area contributed by atoms with Crippen LogP contribution in [0.1, 0.15) is 5.69 Å². The Balaban J connectivity index is 2.33. The van der Waals surface area contributed by atoms with Gasteiger partial charge in [0.25, 0.3) is 0 Å². The first kappa shape index (κ1) is 13.9. The molecule has 0 aliphatic heterocycles. The van der Waals surface area contributed by atoms with E-state index in [1.165, 1.54) is 24.7 Å². The molecule has 2 aromatic rings. The van der Waals surface area contributed by atoms with Crippen molar-refractivity contribution in [3.8, 4) is 0 Å². The van der Waals surface area contributed by atoms with Crippen LogP contribution in [0.15, 0.2) is 43.0 Å². The maximum Gasteiger partial charge on any atom is 0.471 e. The Kier molecular flexibility index (Phi) is 3.92. The molecule has 2 aromatic heterocycles. The summed E-state index contributed by atoms with van der Waals surface area (Å²) in [5.74, 6) is -2.19. The Morgan fingerprint density at radius 3 is 2.50 bits per heavy atom. The second-order valence-corrected chi connectivity index (χ2v) is 3.77. The third-order valence-corrected chi connectivity index (χ3v) is 2.36. The van der Waals surface area contributed by atoms with Crippen LogP contribution in [0, 0.1) is 0 Å². The molecule has 1 amide bonds.